The van der Waals surface area contributed by atoms with Crippen molar-refractivity contribution in [2.45, 2.75) is 32.4 Å². The van der Waals surface area contributed by atoms with Gasteiger partial charge in [-0.15, -0.1) is 0 Å². The molecule has 0 amide bonds. The lowest BCUT2D eigenvalue weighted by Crippen LogP contribution is -2.38. The molecule has 0 spiro atoms. The Morgan fingerprint density at radius 2 is 2.06 bits per heavy atom. The molecule has 1 atom stereocenters. The first-order valence-electron chi connectivity index (χ1n) is 5.17. The van der Waals surface area contributed by atoms with Crippen molar-refractivity contribution in [3.8, 4) is 0 Å². The lowest BCUT2D eigenvalue weighted by atomic mass is 10.1. The van der Waals surface area contributed by atoms with E-state index < -0.39 is 11.9 Å². The molecule has 0 bridgehead atoms. The Morgan fingerprint density at radius 1 is 1.44 bits per heavy atom. The average molecular weight is 246 g/mol. The van der Waals surface area contributed by atoms with Crippen molar-refractivity contribution in [3.05, 3.63) is 34.6 Å². The number of benzene rings is 1. The minimum absolute atomic E-state index is 0.0692. The molecule has 0 saturated carbocycles. The van der Waals surface area contributed by atoms with E-state index in [4.69, 9.17) is 11.6 Å². The summed E-state index contributed by atoms with van der Waals surface area (Å²) in [6.45, 7) is 6.39. The summed E-state index contributed by atoms with van der Waals surface area (Å²) in [6.07, 6.45) is -0.731. The standard InChI is InChI=1S/C12H17ClFNO/c1-12(2,3)15-7-11(16)8-4-5-9(13)10(14)6-8/h4-6,11,15-16H,7H2,1-3H3. The van der Waals surface area contributed by atoms with Gasteiger partial charge >= 0.3 is 0 Å². The van der Waals surface area contributed by atoms with E-state index in [0.29, 0.717) is 12.1 Å². The van der Waals surface area contributed by atoms with E-state index in [1.54, 1.807) is 6.07 Å². The number of halogens is 2. The Hall–Kier alpha value is -0.640. The van der Waals surface area contributed by atoms with E-state index in [1.807, 2.05) is 20.8 Å². The van der Waals surface area contributed by atoms with Crippen molar-refractivity contribution >= 4 is 11.6 Å². The van der Waals surface area contributed by atoms with Crippen molar-refractivity contribution < 1.29 is 9.50 Å². The van der Waals surface area contributed by atoms with Crippen LogP contribution < -0.4 is 5.32 Å². The fourth-order valence-electron chi connectivity index (χ4n) is 1.24. The summed E-state index contributed by atoms with van der Waals surface area (Å²) in [5.41, 5.74) is 0.449. The molecule has 1 aromatic rings. The molecule has 16 heavy (non-hydrogen) atoms. The maximum absolute atomic E-state index is 13.2. The van der Waals surface area contributed by atoms with Crippen LogP contribution in [0.25, 0.3) is 0 Å². The first-order valence-corrected chi connectivity index (χ1v) is 5.55. The van der Waals surface area contributed by atoms with Gasteiger partial charge in [-0.25, -0.2) is 4.39 Å². The van der Waals surface area contributed by atoms with Crippen molar-refractivity contribution in [1.29, 1.82) is 0 Å². The normalized spacial score (nSPS) is 13.9. The Bertz CT molecular complexity index is 363. The van der Waals surface area contributed by atoms with Crippen molar-refractivity contribution in [2.24, 2.45) is 0 Å². The van der Waals surface area contributed by atoms with Crippen LogP contribution in [0.4, 0.5) is 4.39 Å². The van der Waals surface area contributed by atoms with E-state index in [9.17, 15) is 9.50 Å². The average Bonchev–Trinajstić information content (AvgIpc) is 2.17. The van der Waals surface area contributed by atoms with Gasteiger partial charge in [-0.2, -0.15) is 0 Å². The third-order valence-corrected chi connectivity index (χ3v) is 2.46. The number of aliphatic hydroxyl groups excluding tert-OH is 1. The van der Waals surface area contributed by atoms with E-state index in [1.165, 1.54) is 12.1 Å². The zero-order valence-corrected chi connectivity index (χ0v) is 10.5. The molecule has 2 N–H and O–H groups in total. The number of nitrogens with one attached hydrogen (secondary N) is 1. The predicted molar refractivity (Wildman–Crippen MR) is 64.1 cm³/mol. The number of aliphatic hydroxyl groups is 1. The number of β-amino-alcohol motifs (C(OH)–C–C–N with tert-alkyl or cyclic N) is 1. The molecule has 1 aromatic carbocycles. The van der Waals surface area contributed by atoms with Gasteiger partial charge in [0.2, 0.25) is 0 Å². The van der Waals surface area contributed by atoms with E-state index in [0.717, 1.165) is 0 Å². The second-order valence-corrected chi connectivity index (χ2v) is 5.23. The number of hydrogen-bond acceptors (Lipinski definition) is 2. The molecule has 0 fully saturated rings. The molecule has 0 radical (unpaired) electrons. The molecule has 1 unspecified atom stereocenters. The van der Waals surface area contributed by atoms with Crippen LogP contribution in [-0.2, 0) is 0 Å². The Kier molecular flexibility index (Phi) is 4.30. The highest BCUT2D eigenvalue weighted by Gasteiger charge is 2.14. The van der Waals surface area contributed by atoms with Crippen molar-refractivity contribution in [1.82, 2.24) is 5.32 Å². The molecule has 0 saturated heterocycles. The fraction of sp³-hybridized carbons (Fsp3) is 0.500. The summed E-state index contributed by atoms with van der Waals surface area (Å²) in [7, 11) is 0. The Balaban J connectivity index is 2.66. The van der Waals surface area contributed by atoms with Gasteiger partial charge in [0, 0.05) is 12.1 Å². The molecule has 0 heterocycles. The molecular formula is C12H17ClFNO. The topological polar surface area (TPSA) is 32.3 Å². The first kappa shape index (κ1) is 13.4. The largest absolute Gasteiger partial charge is 0.387 e. The van der Waals surface area contributed by atoms with E-state index >= 15 is 0 Å². The van der Waals surface area contributed by atoms with Crippen LogP contribution in [0, 0.1) is 5.82 Å². The summed E-state index contributed by atoms with van der Waals surface area (Å²) in [5, 5.41) is 13.0. The van der Waals surface area contributed by atoms with Gasteiger partial charge in [-0.05, 0) is 38.5 Å². The molecule has 0 aromatic heterocycles. The molecule has 1 rings (SSSR count). The van der Waals surface area contributed by atoms with Gasteiger partial charge in [0.1, 0.15) is 5.82 Å². The molecule has 2 nitrogen and oxygen atoms in total. The molecule has 0 aliphatic rings. The summed E-state index contributed by atoms with van der Waals surface area (Å²) in [6, 6.07) is 4.34. The number of rotatable bonds is 3. The highest BCUT2D eigenvalue weighted by Crippen LogP contribution is 2.20. The number of hydrogen-bond donors (Lipinski definition) is 2. The van der Waals surface area contributed by atoms with Gasteiger partial charge in [0.15, 0.2) is 0 Å². The highest BCUT2D eigenvalue weighted by atomic mass is 35.5. The first-order chi connectivity index (χ1) is 7.29. The van der Waals surface area contributed by atoms with E-state index in [-0.39, 0.29) is 10.6 Å². The van der Waals surface area contributed by atoms with E-state index in [2.05, 4.69) is 5.32 Å². The van der Waals surface area contributed by atoms with Crippen LogP contribution >= 0.6 is 11.6 Å². The highest BCUT2D eigenvalue weighted by molar-refractivity contribution is 6.30. The third kappa shape index (κ3) is 4.08. The molecule has 4 heteroatoms. The van der Waals surface area contributed by atoms with Gasteiger partial charge in [-0.1, -0.05) is 17.7 Å². The van der Waals surface area contributed by atoms with Crippen LogP contribution in [0.2, 0.25) is 5.02 Å². The summed E-state index contributed by atoms with van der Waals surface area (Å²) in [5.74, 6) is -0.506. The Labute approximate surface area is 100 Å². The molecule has 0 aliphatic heterocycles. The molecule has 90 valence electrons. The lowest BCUT2D eigenvalue weighted by Gasteiger charge is -2.23. The molecule has 0 aliphatic carbocycles. The summed E-state index contributed by atoms with van der Waals surface area (Å²) in [4.78, 5) is 0. The van der Waals surface area contributed by atoms with Crippen molar-refractivity contribution in [3.63, 3.8) is 0 Å². The van der Waals surface area contributed by atoms with Gasteiger partial charge in [0.25, 0.3) is 0 Å². The van der Waals surface area contributed by atoms with Crippen LogP contribution in [0.3, 0.4) is 0 Å². The van der Waals surface area contributed by atoms with Crippen LogP contribution in [0.1, 0.15) is 32.4 Å². The fourth-order valence-corrected chi connectivity index (χ4v) is 1.36. The zero-order chi connectivity index (χ0) is 12.3. The van der Waals surface area contributed by atoms with Gasteiger partial charge in [-0.3, -0.25) is 0 Å². The van der Waals surface area contributed by atoms with Gasteiger partial charge in [0.05, 0.1) is 11.1 Å². The predicted octanol–water partition coefficient (Wildman–Crippen LogP) is 2.90. The molecular weight excluding hydrogens is 229 g/mol. The van der Waals surface area contributed by atoms with Crippen molar-refractivity contribution in [2.75, 3.05) is 6.54 Å². The minimum Gasteiger partial charge on any atom is -0.387 e. The second-order valence-electron chi connectivity index (χ2n) is 4.82. The monoisotopic (exact) mass is 245 g/mol. The zero-order valence-electron chi connectivity index (χ0n) is 9.72. The Morgan fingerprint density at radius 3 is 2.56 bits per heavy atom. The SMILES string of the molecule is CC(C)(C)NCC(O)c1ccc(Cl)c(F)c1. The maximum Gasteiger partial charge on any atom is 0.142 e. The van der Waals surface area contributed by atoms with Crippen LogP contribution in [0.15, 0.2) is 18.2 Å². The summed E-state index contributed by atoms with van der Waals surface area (Å²) < 4.78 is 13.2. The second kappa shape index (κ2) is 5.13. The quantitative estimate of drug-likeness (QED) is 0.858. The maximum atomic E-state index is 13.2. The minimum atomic E-state index is -0.731. The van der Waals surface area contributed by atoms with Crippen LogP contribution in [0.5, 0.6) is 0 Å². The van der Waals surface area contributed by atoms with Crippen LogP contribution in [-0.4, -0.2) is 17.2 Å². The third-order valence-electron chi connectivity index (χ3n) is 2.15. The summed E-state index contributed by atoms with van der Waals surface area (Å²) >= 11 is 5.56. The lowest BCUT2D eigenvalue weighted by molar-refractivity contribution is 0.163. The smallest absolute Gasteiger partial charge is 0.142 e. The van der Waals surface area contributed by atoms with Gasteiger partial charge < -0.3 is 10.4 Å².